The molecule has 0 fully saturated rings. The molecule has 1 rings (SSSR count). The molecule has 0 aromatic heterocycles. The summed E-state index contributed by atoms with van der Waals surface area (Å²) in [7, 11) is 0. The molecule has 1 amide bonds. The molecule has 104 valence electrons. The smallest absolute Gasteiger partial charge is 0.307 e. The number of hydrogen-bond acceptors (Lipinski definition) is 2. The van der Waals surface area contributed by atoms with Crippen LogP contribution in [0.4, 0.5) is 0 Å². The molecular weight excluding hydrogens is 242 g/mol. The number of nitrogens with one attached hydrogen (secondary N) is 1. The molecule has 0 aliphatic rings. The van der Waals surface area contributed by atoms with Crippen molar-refractivity contribution in [2.24, 2.45) is 11.8 Å². The van der Waals surface area contributed by atoms with E-state index in [1.54, 1.807) is 13.8 Å². The summed E-state index contributed by atoms with van der Waals surface area (Å²) < 4.78 is 0. The summed E-state index contributed by atoms with van der Waals surface area (Å²) in [6.07, 6.45) is 0. The Bertz CT molecular complexity index is 453. The van der Waals surface area contributed by atoms with Gasteiger partial charge in [0.15, 0.2) is 0 Å². The fourth-order valence-electron chi connectivity index (χ4n) is 1.72. The largest absolute Gasteiger partial charge is 0.481 e. The first kappa shape index (κ1) is 15.2. The van der Waals surface area contributed by atoms with Crippen LogP contribution in [0.1, 0.15) is 37.9 Å². The Morgan fingerprint density at radius 2 is 1.58 bits per heavy atom. The summed E-state index contributed by atoms with van der Waals surface area (Å²) in [5.41, 5.74) is 2.17. The van der Waals surface area contributed by atoms with Crippen LogP contribution in [0.15, 0.2) is 24.3 Å². The molecule has 2 unspecified atom stereocenters. The van der Waals surface area contributed by atoms with Gasteiger partial charge in [0.2, 0.25) is 5.91 Å². The van der Waals surface area contributed by atoms with E-state index < -0.39 is 17.8 Å². The molecule has 4 nitrogen and oxygen atoms in total. The third-order valence-electron chi connectivity index (χ3n) is 3.49. The summed E-state index contributed by atoms with van der Waals surface area (Å²) in [4.78, 5) is 22.8. The van der Waals surface area contributed by atoms with Gasteiger partial charge in [0, 0.05) is 5.92 Å². The van der Waals surface area contributed by atoms with E-state index in [4.69, 9.17) is 5.11 Å². The molecule has 0 saturated carbocycles. The maximum absolute atomic E-state index is 12.0. The van der Waals surface area contributed by atoms with Gasteiger partial charge in [0.25, 0.3) is 0 Å². The van der Waals surface area contributed by atoms with Gasteiger partial charge in [-0.3, -0.25) is 9.59 Å². The Balaban J connectivity index is 2.66. The Morgan fingerprint density at radius 3 is 2.05 bits per heavy atom. The van der Waals surface area contributed by atoms with Crippen molar-refractivity contribution in [3.05, 3.63) is 35.4 Å². The van der Waals surface area contributed by atoms with Crippen LogP contribution in [0.5, 0.6) is 0 Å². The van der Waals surface area contributed by atoms with Crippen molar-refractivity contribution >= 4 is 11.9 Å². The molecule has 0 heterocycles. The maximum Gasteiger partial charge on any atom is 0.307 e. The van der Waals surface area contributed by atoms with E-state index in [1.165, 1.54) is 0 Å². The zero-order valence-electron chi connectivity index (χ0n) is 11.8. The number of carbonyl (C=O) groups excluding carboxylic acids is 1. The zero-order chi connectivity index (χ0) is 14.6. The van der Waals surface area contributed by atoms with E-state index in [-0.39, 0.29) is 11.9 Å². The van der Waals surface area contributed by atoms with Crippen molar-refractivity contribution in [1.82, 2.24) is 5.32 Å². The molecule has 0 bridgehead atoms. The summed E-state index contributed by atoms with van der Waals surface area (Å²) in [6, 6.07) is 7.77. The third kappa shape index (κ3) is 4.09. The Labute approximate surface area is 113 Å². The summed E-state index contributed by atoms with van der Waals surface area (Å²) in [5, 5.41) is 11.8. The van der Waals surface area contributed by atoms with E-state index in [9.17, 15) is 9.59 Å². The normalized spacial score (nSPS) is 15.4. The summed E-state index contributed by atoms with van der Waals surface area (Å²) in [6.45, 7) is 7.07. The second-order valence-electron chi connectivity index (χ2n) is 5.06. The van der Waals surface area contributed by atoms with Gasteiger partial charge >= 0.3 is 5.97 Å². The van der Waals surface area contributed by atoms with Gasteiger partial charge in [0.1, 0.15) is 0 Å². The number of hydrogen-bond donors (Lipinski definition) is 2. The van der Waals surface area contributed by atoms with Crippen LogP contribution >= 0.6 is 0 Å². The maximum atomic E-state index is 12.0. The average Bonchev–Trinajstić information content (AvgIpc) is 2.37. The first-order chi connectivity index (χ1) is 8.82. The van der Waals surface area contributed by atoms with Crippen molar-refractivity contribution in [3.8, 4) is 0 Å². The van der Waals surface area contributed by atoms with Gasteiger partial charge in [-0.2, -0.15) is 0 Å². The highest BCUT2D eigenvalue weighted by Crippen LogP contribution is 2.16. The number of carbonyl (C=O) groups is 2. The predicted molar refractivity (Wildman–Crippen MR) is 73.7 cm³/mol. The molecule has 0 radical (unpaired) electrons. The summed E-state index contributed by atoms with van der Waals surface area (Å²) in [5.74, 6) is -2.43. The lowest BCUT2D eigenvalue weighted by molar-refractivity contribution is -0.146. The first-order valence-electron chi connectivity index (χ1n) is 6.42. The number of aliphatic carboxylic acids is 1. The standard InChI is InChI=1S/C15H21NO3/c1-9-5-7-13(8-6-9)12(4)16-14(17)10(2)11(3)15(18)19/h5-8,10-12H,1-4H3,(H,16,17)(H,18,19)/t10?,11?,12-/m1/s1. The minimum absolute atomic E-state index is 0.128. The lowest BCUT2D eigenvalue weighted by Crippen LogP contribution is -2.36. The molecule has 0 aliphatic heterocycles. The molecule has 0 spiro atoms. The lowest BCUT2D eigenvalue weighted by atomic mass is 9.94. The molecule has 0 aliphatic carbocycles. The number of carboxylic acids is 1. The molecule has 1 aromatic carbocycles. The van der Waals surface area contributed by atoms with Crippen molar-refractivity contribution in [2.75, 3.05) is 0 Å². The molecule has 0 saturated heterocycles. The minimum atomic E-state index is -0.953. The van der Waals surface area contributed by atoms with E-state index in [2.05, 4.69) is 5.32 Å². The Hall–Kier alpha value is -1.84. The fourth-order valence-corrected chi connectivity index (χ4v) is 1.72. The number of carboxylic acid groups (broad SMARTS) is 1. The fraction of sp³-hybridized carbons (Fsp3) is 0.467. The van der Waals surface area contributed by atoms with E-state index in [1.807, 2.05) is 38.1 Å². The highest BCUT2D eigenvalue weighted by molar-refractivity contribution is 5.84. The second kappa shape index (κ2) is 6.36. The van der Waals surface area contributed by atoms with Crippen LogP contribution in [0.25, 0.3) is 0 Å². The third-order valence-corrected chi connectivity index (χ3v) is 3.49. The SMILES string of the molecule is Cc1ccc([C@@H](C)NC(=O)C(C)C(C)C(=O)O)cc1. The van der Waals surface area contributed by atoms with Crippen LogP contribution in [0, 0.1) is 18.8 Å². The van der Waals surface area contributed by atoms with E-state index in [0.717, 1.165) is 11.1 Å². The lowest BCUT2D eigenvalue weighted by Gasteiger charge is -2.20. The van der Waals surface area contributed by atoms with E-state index in [0.29, 0.717) is 0 Å². The first-order valence-corrected chi connectivity index (χ1v) is 6.42. The number of benzene rings is 1. The molecular formula is C15H21NO3. The van der Waals surface area contributed by atoms with Crippen molar-refractivity contribution in [3.63, 3.8) is 0 Å². The quantitative estimate of drug-likeness (QED) is 0.858. The molecule has 1 aromatic rings. The van der Waals surface area contributed by atoms with Crippen LogP contribution in [0.2, 0.25) is 0 Å². The van der Waals surface area contributed by atoms with Gasteiger partial charge in [-0.05, 0) is 19.4 Å². The molecule has 2 N–H and O–H groups in total. The molecule has 4 heteroatoms. The monoisotopic (exact) mass is 263 g/mol. The van der Waals surface area contributed by atoms with Crippen LogP contribution in [-0.2, 0) is 9.59 Å². The van der Waals surface area contributed by atoms with Gasteiger partial charge < -0.3 is 10.4 Å². The highest BCUT2D eigenvalue weighted by Gasteiger charge is 2.26. The van der Waals surface area contributed by atoms with Gasteiger partial charge in [-0.15, -0.1) is 0 Å². The van der Waals surface area contributed by atoms with Gasteiger partial charge in [-0.1, -0.05) is 43.7 Å². The van der Waals surface area contributed by atoms with Crippen molar-refractivity contribution in [1.29, 1.82) is 0 Å². The summed E-state index contributed by atoms with van der Waals surface area (Å²) >= 11 is 0. The predicted octanol–water partition coefficient (Wildman–Crippen LogP) is 2.53. The number of aryl methyl sites for hydroxylation is 1. The molecule has 3 atom stereocenters. The Morgan fingerprint density at radius 1 is 1.05 bits per heavy atom. The molecule has 19 heavy (non-hydrogen) atoms. The number of rotatable bonds is 5. The Kier molecular flexibility index (Phi) is 5.10. The highest BCUT2D eigenvalue weighted by atomic mass is 16.4. The second-order valence-corrected chi connectivity index (χ2v) is 5.06. The topological polar surface area (TPSA) is 66.4 Å². The van der Waals surface area contributed by atoms with Crippen LogP contribution in [-0.4, -0.2) is 17.0 Å². The van der Waals surface area contributed by atoms with Crippen LogP contribution < -0.4 is 5.32 Å². The van der Waals surface area contributed by atoms with E-state index >= 15 is 0 Å². The van der Waals surface area contributed by atoms with Crippen LogP contribution in [0.3, 0.4) is 0 Å². The zero-order valence-corrected chi connectivity index (χ0v) is 11.8. The number of amides is 1. The average molecular weight is 263 g/mol. The van der Waals surface area contributed by atoms with Crippen molar-refractivity contribution < 1.29 is 14.7 Å². The van der Waals surface area contributed by atoms with Crippen molar-refractivity contribution in [2.45, 2.75) is 33.7 Å². The van der Waals surface area contributed by atoms with Gasteiger partial charge in [-0.25, -0.2) is 0 Å². The minimum Gasteiger partial charge on any atom is -0.481 e. The van der Waals surface area contributed by atoms with Gasteiger partial charge in [0.05, 0.1) is 12.0 Å².